The van der Waals surface area contributed by atoms with Crippen molar-refractivity contribution in [1.29, 1.82) is 0 Å². The number of carbonyl (C=O) groups is 4. The summed E-state index contributed by atoms with van der Waals surface area (Å²) >= 11 is 1.96. The molecule has 2 aromatic rings. The minimum Gasteiger partial charge on any atom is -0.394 e. The van der Waals surface area contributed by atoms with Gasteiger partial charge in [-0.15, -0.1) is 0 Å². The topological polar surface area (TPSA) is 662 Å². The normalized spacial score (nSPS) is 39.4. The monoisotopic (exact) mass is 1880 g/mol. The summed E-state index contributed by atoms with van der Waals surface area (Å²) in [7, 11) is 7.12. The van der Waals surface area contributed by atoms with E-state index in [-0.39, 0.29) is 81.8 Å². The van der Waals surface area contributed by atoms with Gasteiger partial charge in [0.15, 0.2) is 44.0 Å². The molecule has 14 unspecified atom stereocenters. The van der Waals surface area contributed by atoms with Crippen LogP contribution in [0.25, 0.3) is 0 Å². The third-order valence-corrected chi connectivity index (χ3v) is 28.0. The zero-order chi connectivity index (χ0) is 88.7. The average Bonchev–Trinajstić information content (AvgIpc) is 0.886. The molecule has 23 rings (SSSR count). The highest BCUT2D eigenvalue weighted by Crippen LogP contribution is 2.41. The van der Waals surface area contributed by atoms with Crippen molar-refractivity contribution in [3.8, 4) is 0 Å². The van der Waals surface area contributed by atoms with Crippen molar-refractivity contribution in [3.05, 3.63) is 48.8 Å². The van der Waals surface area contributed by atoms with Crippen LogP contribution < -0.4 is 16.0 Å². The molecule has 0 radical (unpaired) electrons. The third kappa shape index (κ3) is 27.5. The molecule has 0 spiro atoms. The van der Waals surface area contributed by atoms with Gasteiger partial charge >= 0.3 is 0 Å². The molecule has 21 aliphatic heterocycles. The Morgan fingerprint density at radius 3 is 0.992 bits per heavy atom. The summed E-state index contributed by atoms with van der Waals surface area (Å²) < 4.78 is 95.5. The summed E-state index contributed by atoms with van der Waals surface area (Å²) in [4.78, 5) is 61.3. The van der Waals surface area contributed by atoms with Crippen molar-refractivity contribution in [3.63, 3.8) is 0 Å². The molecular weight excluding hydrogens is 1760 g/mol. The summed E-state index contributed by atoms with van der Waals surface area (Å²) in [6.07, 6.45) is -69.3. The van der Waals surface area contributed by atoms with Crippen molar-refractivity contribution in [2.24, 2.45) is 5.92 Å². The van der Waals surface area contributed by atoms with E-state index in [1.807, 2.05) is 18.2 Å². The van der Waals surface area contributed by atoms with Gasteiger partial charge in [-0.3, -0.25) is 19.2 Å². The Kier molecular flexibility index (Phi) is 42.2. The number of amides is 2. The van der Waals surface area contributed by atoms with Crippen molar-refractivity contribution < 1.29 is 192 Å². The smallest absolute Gasteiger partial charge is 0.238 e. The number of pyridine rings is 2. The Labute approximate surface area is 730 Å². The molecule has 0 aliphatic carbocycles. The fourth-order valence-corrected chi connectivity index (χ4v) is 20.3. The minimum absolute atomic E-state index is 0.0233. The highest BCUT2D eigenvalue weighted by atomic mass is 33.1. The highest BCUT2D eigenvalue weighted by molar-refractivity contribution is 8.77. The molecule has 14 bridgehead atoms. The number of ether oxygens (including phenoxy) is 16. The fraction of sp³-hybridized carbons (Fsp3) is 0.808. The van der Waals surface area contributed by atoms with Crippen LogP contribution in [0.5, 0.6) is 0 Å². The number of likely N-dealkylation sites (N-methyl/N-ethyl adjacent to an activating group) is 1. The largest absolute Gasteiger partial charge is 0.394 e. The van der Waals surface area contributed by atoms with Gasteiger partial charge in [0.05, 0.1) is 83.6 Å². The second kappa shape index (κ2) is 50.8. The van der Waals surface area contributed by atoms with E-state index >= 15 is 0 Å². The van der Waals surface area contributed by atoms with Gasteiger partial charge in [0.25, 0.3) is 0 Å². The van der Waals surface area contributed by atoms with E-state index in [4.69, 9.17) is 75.8 Å². The van der Waals surface area contributed by atoms with E-state index in [9.17, 15) is 116 Å². The Morgan fingerprint density at radius 2 is 0.691 bits per heavy atom. The minimum atomic E-state index is -2.30. The molecule has 21 saturated heterocycles. The van der Waals surface area contributed by atoms with Crippen LogP contribution in [0.15, 0.2) is 58.8 Å². The van der Waals surface area contributed by atoms with Gasteiger partial charge in [-0.2, -0.15) is 23.5 Å². The molecular formula is C73H113N5O39S6. The molecule has 123 heavy (non-hydrogen) atoms. The molecule has 700 valence electrons. The average molecular weight is 1880 g/mol. The lowest BCUT2D eigenvalue weighted by Gasteiger charge is -2.50. The Bertz CT molecular complexity index is 3460. The number of aliphatic hydroxyl groups is 19. The molecule has 23 heterocycles. The standard InChI is InChI=1S/C73H113N5O39S6/c1-31(84)9-15-102-17-18-103-16-10-33(85)21-32(65(100)77-13-19-120-122-42-7-3-5-11-75-42)27-118-29-40-63-49(91)56(98)72(109-40)114-61-38(25-82)105-69(52(94)45(61)87)113-60-37(24-81)108-71(55(97)48(60)90)117-64-41(30-119-28-34(74-2)66(101)78-14-20-121-123-43-8-4-6-12-76-43)110-73(57(99)50(64)92)115-62-39(26-83)106-68(53(95)46(62)88)111-58-35(22-79)104-67(51(93)44(58)86)112-59-36(23-80)107-70(116-63)54(96)47(59)89/h3-8,11-12,32,34-41,44-64,67-74,79-83,86-99H,9-10,13-30H2,1-2H3,(H,77,100)(H,78,101)/t32-,34-,35?,36?,37?,38?,39?,40?,41?,44-,45-,46-,47-,48-,49-,50-,51?,52?,53?,54?,55?,56?,57?,58-,59-,60-,61-,62+,63+,64-,67-,68-,69+,70-,71+,72-,73+/m1/s1. The molecule has 21 aliphatic rings. The maximum Gasteiger partial charge on any atom is 0.238 e. The van der Waals surface area contributed by atoms with Crippen molar-refractivity contribution >= 4 is 90.1 Å². The number of hydrogen-bond donors (Lipinski definition) is 22. The summed E-state index contributed by atoms with van der Waals surface area (Å²) in [5.74, 6) is -2.59. The number of hydrogen-bond acceptors (Lipinski definition) is 48. The number of ketones is 2. The quantitative estimate of drug-likeness (QED) is 0.0221. The Balaban J connectivity index is 0.912. The Hall–Kier alpha value is -2.76. The van der Waals surface area contributed by atoms with Crippen LogP contribution in [-0.4, -0.2) is 465 Å². The number of nitrogens with zero attached hydrogens (tertiary/aromatic N) is 2. The van der Waals surface area contributed by atoms with Gasteiger partial charge in [0, 0.05) is 79.3 Å². The van der Waals surface area contributed by atoms with Crippen molar-refractivity contribution in [2.45, 2.75) is 257 Å². The van der Waals surface area contributed by atoms with Gasteiger partial charge in [-0.25, -0.2) is 9.97 Å². The maximum atomic E-state index is 14.2. The van der Waals surface area contributed by atoms with Gasteiger partial charge in [0.1, 0.15) is 180 Å². The fourth-order valence-electron chi connectivity index (χ4n) is 14.3. The molecule has 21 fully saturated rings. The molecule has 2 aromatic heterocycles. The van der Waals surface area contributed by atoms with Crippen LogP contribution in [0.1, 0.15) is 26.2 Å². The van der Waals surface area contributed by atoms with E-state index < -0.39 is 283 Å². The van der Waals surface area contributed by atoms with Crippen LogP contribution in [0.3, 0.4) is 0 Å². The van der Waals surface area contributed by atoms with Crippen molar-refractivity contribution in [1.82, 2.24) is 25.9 Å². The number of thioether (sulfide) groups is 2. The first-order chi connectivity index (χ1) is 59.1. The second-order valence-electron chi connectivity index (χ2n) is 29.8. The predicted octanol–water partition coefficient (Wildman–Crippen LogP) is -9.28. The van der Waals surface area contributed by atoms with Gasteiger partial charge in [0.2, 0.25) is 11.8 Å². The van der Waals surface area contributed by atoms with E-state index in [1.54, 1.807) is 30.6 Å². The first kappa shape index (κ1) is 102. The van der Waals surface area contributed by atoms with Gasteiger partial charge in [-0.05, 0) is 59.8 Å². The first-order valence-electron chi connectivity index (χ1n) is 39.8. The SMILES string of the molecule is CN[C@H](CSCC1O[C@H]2O[C@H]3C(CO)O[C@H](O[C@@H]4C(CO)O[C@H](O[C@@H]5C(CO)O[C@H](O[C@H]6C(CSC[C@@H](CC(=O)CCOCCOCCC(C)=O)C(=O)NCCSSc7ccccn7)O[C@H](O[C@@H]7C(CO)O[C@@H](O[C@@H]8C(CO)O[C@@H](O[C@H]1[C@H](O)C2O)C(O)[C@H]8O)C(O)[C@H]7O)C(O)[C@H]6O)C(O)[C@H]5O)C(O)[C@H]4O)C(O)[C@H]3O)C(=O)NCCSSc1ccccn1. The summed E-state index contributed by atoms with van der Waals surface area (Å²) in [6, 6.07) is 9.91. The zero-order valence-corrected chi connectivity index (χ0v) is 71.5. The number of Topliss-reactive ketones (excluding diaryl/α,β-unsaturated/α-hetero) is 2. The van der Waals surface area contributed by atoms with Crippen molar-refractivity contribution in [2.75, 3.05) is 114 Å². The number of carbonyl (C=O) groups excluding carboxylic acids is 4. The summed E-state index contributed by atoms with van der Waals surface area (Å²) in [5, 5.41) is 231. The molecule has 37 atom stereocenters. The molecule has 0 saturated carbocycles. The van der Waals surface area contributed by atoms with Gasteiger partial charge in [-0.1, -0.05) is 33.7 Å². The number of aliphatic hydroxyl groups excluding tert-OH is 19. The van der Waals surface area contributed by atoms with E-state index in [1.165, 1.54) is 57.1 Å². The van der Waals surface area contributed by atoms with E-state index in [2.05, 4.69) is 25.9 Å². The van der Waals surface area contributed by atoms with E-state index in [0.717, 1.165) is 28.5 Å². The van der Waals surface area contributed by atoms with Gasteiger partial charge < -0.3 is 189 Å². The lowest BCUT2D eigenvalue weighted by Crippen LogP contribution is -2.68. The Morgan fingerprint density at radius 1 is 0.390 bits per heavy atom. The summed E-state index contributed by atoms with van der Waals surface area (Å²) in [6.45, 7) is -3.37. The molecule has 44 nitrogen and oxygen atoms in total. The van der Waals surface area contributed by atoms with Crippen LogP contribution in [0, 0.1) is 5.92 Å². The lowest BCUT2D eigenvalue weighted by molar-refractivity contribution is -0.395. The number of aromatic nitrogens is 2. The molecule has 0 aromatic carbocycles. The number of rotatable bonds is 37. The predicted molar refractivity (Wildman–Crippen MR) is 428 cm³/mol. The van der Waals surface area contributed by atoms with Crippen LogP contribution in [0.4, 0.5) is 0 Å². The maximum absolute atomic E-state index is 14.2. The summed E-state index contributed by atoms with van der Waals surface area (Å²) in [5.41, 5.74) is 0. The lowest BCUT2D eigenvalue weighted by atomic mass is 9.95. The van der Waals surface area contributed by atoms with Crippen LogP contribution in [0.2, 0.25) is 0 Å². The molecule has 22 N–H and O–H groups in total. The van der Waals surface area contributed by atoms with E-state index in [0.29, 0.717) is 16.5 Å². The van der Waals surface area contributed by atoms with Crippen LogP contribution >= 0.6 is 66.7 Å². The van der Waals surface area contributed by atoms with Crippen LogP contribution in [-0.2, 0) is 95.0 Å². The zero-order valence-electron chi connectivity index (χ0n) is 66.6. The second-order valence-corrected chi connectivity index (χ2v) is 36.8. The molecule has 50 heteroatoms. The molecule has 2 amide bonds. The number of nitrogens with one attached hydrogen (secondary N) is 3. The highest BCUT2D eigenvalue weighted by Gasteiger charge is 2.60. The third-order valence-electron chi connectivity index (χ3n) is 21.1. The first-order valence-corrected chi connectivity index (χ1v) is 46.8.